The number of fused-ring (bicyclic) bond motifs is 1. The van der Waals surface area contributed by atoms with E-state index in [2.05, 4.69) is 10.3 Å². The molecule has 1 fully saturated rings. The van der Waals surface area contributed by atoms with Gasteiger partial charge in [0.2, 0.25) is 0 Å². The van der Waals surface area contributed by atoms with Crippen molar-refractivity contribution in [1.29, 1.82) is 0 Å². The number of carbonyl (C=O) groups excluding carboxylic acids is 1. The van der Waals surface area contributed by atoms with Crippen LogP contribution in [-0.4, -0.2) is 16.4 Å². The van der Waals surface area contributed by atoms with E-state index in [1.807, 2.05) is 43.3 Å². The van der Waals surface area contributed by atoms with Crippen LogP contribution in [0, 0.1) is 19.7 Å². The monoisotopic (exact) mass is 390 g/mol. The maximum absolute atomic E-state index is 14.1. The van der Waals surface area contributed by atoms with Crippen molar-refractivity contribution in [2.45, 2.75) is 57.9 Å². The summed E-state index contributed by atoms with van der Waals surface area (Å²) in [5.74, 6) is -0.274. The number of rotatable bonds is 4. The Labute approximate surface area is 171 Å². The van der Waals surface area contributed by atoms with Crippen LogP contribution in [0.5, 0.6) is 0 Å². The highest BCUT2D eigenvalue weighted by Gasteiger charge is 2.34. The Morgan fingerprint density at radius 1 is 1.10 bits per heavy atom. The SMILES string of the molecule is Cc1ccc(CC2(NC(=O)c3cnc4ccccc4c3C)CCCCC2)cc1F. The zero-order valence-corrected chi connectivity index (χ0v) is 17.1. The van der Waals surface area contributed by atoms with E-state index in [9.17, 15) is 9.18 Å². The van der Waals surface area contributed by atoms with Gasteiger partial charge in [0.15, 0.2) is 0 Å². The van der Waals surface area contributed by atoms with E-state index >= 15 is 0 Å². The molecule has 0 spiro atoms. The fraction of sp³-hybridized carbons (Fsp3) is 0.360. The van der Waals surface area contributed by atoms with Crippen molar-refractivity contribution < 1.29 is 9.18 Å². The van der Waals surface area contributed by atoms with E-state index in [0.29, 0.717) is 17.5 Å². The average molecular weight is 391 g/mol. The highest BCUT2D eigenvalue weighted by atomic mass is 19.1. The lowest BCUT2D eigenvalue weighted by molar-refractivity contribution is 0.0867. The van der Waals surface area contributed by atoms with Crippen LogP contribution < -0.4 is 5.32 Å². The Kier molecular flexibility index (Phi) is 5.35. The number of amides is 1. The van der Waals surface area contributed by atoms with Crippen LogP contribution in [0.2, 0.25) is 0 Å². The van der Waals surface area contributed by atoms with Gasteiger partial charge in [0.25, 0.3) is 5.91 Å². The fourth-order valence-electron chi connectivity index (χ4n) is 4.53. The number of benzene rings is 2. The largest absolute Gasteiger partial charge is 0.346 e. The van der Waals surface area contributed by atoms with E-state index in [1.54, 1.807) is 19.2 Å². The van der Waals surface area contributed by atoms with Crippen molar-refractivity contribution in [2.24, 2.45) is 0 Å². The van der Waals surface area contributed by atoms with E-state index in [4.69, 9.17) is 0 Å². The molecular formula is C25H27FN2O. The number of para-hydroxylation sites is 1. The summed E-state index contributed by atoms with van der Waals surface area (Å²) in [6.45, 7) is 3.74. The number of pyridine rings is 1. The van der Waals surface area contributed by atoms with Gasteiger partial charge >= 0.3 is 0 Å². The Balaban J connectivity index is 1.63. The molecule has 4 heteroatoms. The second kappa shape index (κ2) is 7.94. The molecule has 29 heavy (non-hydrogen) atoms. The van der Waals surface area contributed by atoms with Crippen molar-refractivity contribution in [1.82, 2.24) is 10.3 Å². The van der Waals surface area contributed by atoms with Gasteiger partial charge in [-0.1, -0.05) is 49.6 Å². The average Bonchev–Trinajstić information content (AvgIpc) is 2.72. The number of nitrogens with zero attached hydrogens (tertiary/aromatic N) is 1. The fourth-order valence-corrected chi connectivity index (χ4v) is 4.53. The molecule has 1 amide bonds. The molecule has 1 heterocycles. The number of hydrogen-bond acceptors (Lipinski definition) is 2. The molecule has 0 radical (unpaired) electrons. The minimum absolute atomic E-state index is 0.0877. The summed E-state index contributed by atoms with van der Waals surface area (Å²) in [5, 5.41) is 4.33. The van der Waals surface area contributed by atoms with Gasteiger partial charge in [-0.25, -0.2) is 4.39 Å². The first-order valence-corrected chi connectivity index (χ1v) is 10.4. The Hall–Kier alpha value is -2.75. The first kappa shape index (κ1) is 19.6. The highest BCUT2D eigenvalue weighted by molar-refractivity contribution is 6.00. The zero-order valence-electron chi connectivity index (χ0n) is 17.1. The van der Waals surface area contributed by atoms with Crippen LogP contribution in [0.4, 0.5) is 4.39 Å². The lowest BCUT2D eigenvalue weighted by atomic mass is 9.77. The van der Waals surface area contributed by atoms with Crippen LogP contribution in [0.15, 0.2) is 48.7 Å². The quantitative estimate of drug-likeness (QED) is 0.624. The molecule has 2 aromatic carbocycles. The molecule has 0 unspecified atom stereocenters. The molecule has 0 bridgehead atoms. The predicted molar refractivity (Wildman–Crippen MR) is 115 cm³/mol. The van der Waals surface area contributed by atoms with Crippen molar-refractivity contribution >= 4 is 16.8 Å². The summed E-state index contributed by atoms with van der Waals surface area (Å²) in [7, 11) is 0. The summed E-state index contributed by atoms with van der Waals surface area (Å²) >= 11 is 0. The molecule has 1 aliphatic carbocycles. The lowest BCUT2D eigenvalue weighted by Crippen LogP contribution is -2.51. The topological polar surface area (TPSA) is 42.0 Å². The van der Waals surface area contributed by atoms with Crippen LogP contribution in [0.3, 0.4) is 0 Å². The minimum atomic E-state index is -0.338. The normalized spacial score (nSPS) is 16.0. The lowest BCUT2D eigenvalue weighted by Gasteiger charge is -2.38. The summed E-state index contributed by atoms with van der Waals surface area (Å²) in [5.41, 5.74) is 3.69. The second-order valence-corrected chi connectivity index (χ2v) is 8.37. The van der Waals surface area contributed by atoms with Gasteiger partial charge in [-0.05, 0) is 61.9 Å². The smallest absolute Gasteiger partial charge is 0.253 e. The van der Waals surface area contributed by atoms with E-state index < -0.39 is 0 Å². The van der Waals surface area contributed by atoms with Gasteiger partial charge in [0.1, 0.15) is 5.82 Å². The number of nitrogens with one attached hydrogen (secondary N) is 1. The van der Waals surface area contributed by atoms with Gasteiger partial charge in [0.05, 0.1) is 11.1 Å². The van der Waals surface area contributed by atoms with Gasteiger partial charge < -0.3 is 5.32 Å². The van der Waals surface area contributed by atoms with Gasteiger partial charge in [-0.2, -0.15) is 0 Å². The van der Waals surface area contributed by atoms with Crippen molar-refractivity contribution in [2.75, 3.05) is 0 Å². The summed E-state index contributed by atoms with van der Waals surface area (Å²) < 4.78 is 14.1. The molecule has 0 saturated heterocycles. The summed E-state index contributed by atoms with van der Waals surface area (Å²) in [4.78, 5) is 17.7. The molecule has 1 aromatic heterocycles. The molecule has 1 aliphatic rings. The zero-order chi connectivity index (χ0) is 20.4. The van der Waals surface area contributed by atoms with Gasteiger partial charge in [-0.15, -0.1) is 0 Å². The van der Waals surface area contributed by atoms with Crippen LogP contribution >= 0.6 is 0 Å². The summed E-state index contributed by atoms with van der Waals surface area (Å²) in [6, 6.07) is 13.3. The van der Waals surface area contributed by atoms with E-state index in [-0.39, 0.29) is 17.3 Å². The Bertz CT molecular complexity index is 1050. The van der Waals surface area contributed by atoms with Gasteiger partial charge in [-0.3, -0.25) is 9.78 Å². The molecular weight excluding hydrogens is 363 g/mol. The first-order chi connectivity index (χ1) is 14.0. The molecule has 1 saturated carbocycles. The third kappa shape index (κ3) is 4.02. The molecule has 150 valence electrons. The van der Waals surface area contributed by atoms with Crippen molar-refractivity contribution in [3.05, 3.63) is 76.7 Å². The molecule has 0 atom stereocenters. The second-order valence-electron chi connectivity index (χ2n) is 8.37. The number of carbonyl (C=O) groups is 1. The minimum Gasteiger partial charge on any atom is -0.346 e. The Morgan fingerprint density at radius 3 is 2.62 bits per heavy atom. The molecule has 0 aliphatic heterocycles. The van der Waals surface area contributed by atoms with E-state index in [1.165, 1.54) is 6.42 Å². The third-order valence-electron chi connectivity index (χ3n) is 6.26. The van der Waals surface area contributed by atoms with E-state index in [0.717, 1.165) is 47.7 Å². The molecule has 4 rings (SSSR count). The number of hydrogen-bond donors (Lipinski definition) is 1. The molecule has 3 nitrogen and oxygen atoms in total. The molecule has 3 aromatic rings. The maximum Gasteiger partial charge on any atom is 0.253 e. The third-order valence-corrected chi connectivity index (χ3v) is 6.26. The van der Waals surface area contributed by atoms with Crippen molar-refractivity contribution in [3.8, 4) is 0 Å². The van der Waals surface area contributed by atoms with Crippen LogP contribution in [0.1, 0.15) is 59.2 Å². The van der Waals surface area contributed by atoms with Crippen molar-refractivity contribution in [3.63, 3.8) is 0 Å². The first-order valence-electron chi connectivity index (χ1n) is 10.4. The van der Waals surface area contributed by atoms with Gasteiger partial charge in [0, 0.05) is 17.1 Å². The standard InChI is InChI=1S/C25H27FN2O/c1-17-10-11-19(14-22(17)26)15-25(12-6-3-7-13-25)28-24(29)21-16-27-23-9-5-4-8-20(23)18(21)2/h4-5,8-11,14,16H,3,6-7,12-13,15H2,1-2H3,(H,28,29). The number of aromatic nitrogens is 1. The Morgan fingerprint density at radius 2 is 1.86 bits per heavy atom. The summed E-state index contributed by atoms with van der Waals surface area (Å²) in [6.07, 6.45) is 7.47. The van der Waals surface area contributed by atoms with Crippen LogP contribution in [-0.2, 0) is 6.42 Å². The number of halogens is 1. The van der Waals surface area contributed by atoms with Crippen LogP contribution in [0.25, 0.3) is 10.9 Å². The predicted octanol–water partition coefficient (Wildman–Crippen LogP) is 5.67. The molecule has 1 N–H and O–H groups in total. The highest BCUT2D eigenvalue weighted by Crippen LogP contribution is 2.32. The number of aryl methyl sites for hydroxylation is 2. The maximum atomic E-state index is 14.1.